The minimum absolute atomic E-state index is 0.210. The second kappa shape index (κ2) is 2.92. The molecule has 0 atom stereocenters. The van der Waals surface area contributed by atoms with E-state index in [1.807, 2.05) is 6.92 Å². The number of nitrogens with two attached hydrogens (primary N) is 1. The van der Waals surface area contributed by atoms with E-state index in [-0.39, 0.29) is 16.9 Å². The Hall–Kier alpha value is -1.65. The molecule has 0 spiro atoms. The van der Waals surface area contributed by atoms with Gasteiger partial charge in [-0.2, -0.15) is 8.78 Å². The zero-order valence-electron chi connectivity index (χ0n) is 8.10. The third-order valence-corrected chi connectivity index (χ3v) is 2.49. The number of hydrogen-bond acceptors (Lipinski definition) is 2. The van der Waals surface area contributed by atoms with Gasteiger partial charge in [-0.05, 0) is 24.1 Å². The van der Waals surface area contributed by atoms with E-state index < -0.39 is 11.8 Å². The zero-order valence-corrected chi connectivity index (χ0v) is 8.10. The Morgan fingerprint density at radius 2 is 2.13 bits per heavy atom. The normalized spacial score (nSPS) is 17.4. The van der Waals surface area contributed by atoms with Crippen molar-refractivity contribution in [2.75, 3.05) is 11.1 Å². The van der Waals surface area contributed by atoms with E-state index in [4.69, 9.17) is 5.73 Å². The maximum atomic E-state index is 13.4. The molecule has 0 radical (unpaired) electrons. The van der Waals surface area contributed by atoms with Crippen molar-refractivity contribution in [3.8, 4) is 0 Å². The van der Waals surface area contributed by atoms with Crippen LogP contribution in [0.2, 0.25) is 0 Å². The first-order valence-electron chi connectivity index (χ1n) is 4.59. The summed E-state index contributed by atoms with van der Waals surface area (Å²) in [5.41, 5.74) is 6.28. The highest BCUT2D eigenvalue weighted by atomic mass is 19.3. The van der Waals surface area contributed by atoms with Gasteiger partial charge < -0.3 is 11.1 Å². The van der Waals surface area contributed by atoms with Crippen LogP contribution in [0.1, 0.15) is 18.1 Å². The van der Waals surface area contributed by atoms with E-state index in [9.17, 15) is 13.6 Å². The molecule has 1 aromatic rings. The minimum Gasteiger partial charge on any atom is -0.399 e. The molecule has 0 fully saturated rings. The van der Waals surface area contributed by atoms with Crippen LogP contribution in [0.3, 0.4) is 0 Å². The summed E-state index contributed by atoms with van der Waals surface area (Å²) < 4.78 is 26.7. The Morgan fingerprint density at radius 1 is 1.47 bits per heavy atom. The highest BCUT2D eigenvalue weighted by molar-refractivity contribution is 6.05. The maximum absolute atomic E-state index is 13.4. The Morgan fingerprint density at radius 3 is 2.73 bits per heavy atom. The molecule has 0 aliphatic carbocycles. The molecule has 1 aromatic carbocycles. The van der Waals surface area contributed by atoms with Crippen LogP contribution in [0.15, 0.2) is 12.1 Å². The number of anilines is 2. The molecule has 3 nitrogen and oxygen atoms in total. The van der Waals surface area contributed by atoms with Crippen LogP contribution in [0.25, 0.3) is 0 Å². The highest BCUT2D eigenvalue weighted by Crippen LogP contribution is 2.43. The topological polar surface area (TPSA) is 55.1 Å². The minimum atomic E-state index is -3.46. The summed E-state index contributed by atoms with van der Waals surface area (Å²) in [4.78, 5) is 11.0. The molecule has 0 unspecified atom stereocenters. The van der Waals surface area contributed by atoms with Crippen LogP contribution in [0, 0.1) is 0 Å². The molecular formula is C10H10F2N2O. The Kier molecular flexibility index (Phi) is 1.92. The van der Waals surface area contributed by atoms with Gasteiger partial charge in [0.15, 0.2) is 0 Å². The molecule has 1 amide bonds. The number of carbonyl (C=O) groups excluding carboxylic acids is 1. The summed E-state index contributed by atoms with van der Waals surface area (Å²) in [5, 5.41) is 2.19. The average molecular weight is 212 g/mol. The Labute approximate surface area is 85.3 Å². The molecule has 0 saturated heterocycles. The smallest absolute Gasteiger partial charge is 0.352 e. The molecule has 0 saturated carbocycles. The van der Waals surface area contributed by atoms with Gasteiger partial charge >= 0.3 is 5.92 Å². The van der Waals surface area contributed by atoms with Crippen molar-refractivity contribution in [2.45, 2.75) is 19.3 Å². The molecule has 1 aliphatic rings. The fourth-order valence-electron chi connectivity index (χ4n) is 1.72. The number of aryl methyl sites for hydroxylation is 1. The van der Waals surface area contributed by atoms with Gasteiger partial charge in [-0.25, -0.2) is 0 Å². The van der Waals surface area contributed by atoms with Crippen LogP contribution in [0.4, 0.5) is 20.2 Å². The van der Waals surface area contributed by atoms with Crippen LogP contribution in [0.5, 0.6) is 0 Å². The fourth-order valence-corrected chi connectivity index (χ4v) is 1.72. The Bertz CT molecular complexity index is 443. The summed E-state index contributed by atoms with van der Waals surface area (Å²) in [6.45, 7) is 1.82. The van der Waals surface area contributed by atoms with Crippen LogP contribution in [-0.4, -0.2) is 5.91 Å². The molecule has 1 aliphatic heterocycles. The van der Waals surface area contributed by atoms with Crippen LogP contribution < -0.4 is 11.1 Å². The van der Waals surface area contributed by atoms with Crippen molar-refractivity contribution in [3.05, 3.63) is 23.3 Å². The van der Waals surface area contributed by atoms with E-state index in [0.717, 1.165) is 6.07 Å². The summed E-state index contributed by atoms with van der Waals surface area (Å²) in [6.07, 6.45) is 0.545. The van der Waals surface area contributed by atoms with E-state index in [0.29, 0.717) is 12.0 Å². The number of hydrogen-bond donors (Lipinski definition) is 2. The average Bonchev–Trinajstić information content (AvgIpc) is 2.39. The molecule has 15 heavy (non-hydrogen) atoms. The van der Waals surface area contributed by atoms with Crippen LogP contribution >= 0.6 is 0 Å². The van der Waals surface area contributed by atoms with Crippen molar-refractivity contribution in [3.63, 3.8) is 0 Å². The number of rotatable bonds is 1. The Balaban J connectivity index is 2.68. The second-order valence-electron chi connectivity index (χ2n) is 3.48. The fraction of sp³-hybridized carbons (Fsp3) is 0.300. The lowest BCUT2D eigenvalue weighted by Crippen LogP contribution is -2.23. The van der Waals surface area contributed by atoms with Gasteiger partial charge in [-0.15, -0.1) is 0 Å². The number of nitrogens with one attached hydrogen (secondary N) is 1. The predicted molar refractivity (Wildman–Crippen MR) is 52.8 cm³/mol. The van der Waals surface area contributed by atoms with Gasteiger partial charge in [0, 0.05) is 5.69 Å². The molecule has 5 heteroatoms. The zero-order chi connectivity index (χ0) is 11.2. The van der Waals surface area contributed by atoms with Gasteiger partial charge in [0.1, 0.15) is 0 Å². The number of benzene rings is 1. The molecule has 80 valence electrons. The first-order valence-corrected chi connectivity index (χ1v) is 4.59. The molecule has 0 bridgehead atoms. The van der Waals surface area contributed by atoms with Crippen molar-refractivity contribution in [1.29, 1.82) is 0 Å². The summed E-state index contributed by atoms with van der Waals surface area (Å²) in [5.74, 6) is -4.74. The molecule has 2 rings (SSSR count). The predicted octanol–water partition coefficient (Wildman–Crippen LogP) is 1.88. The highest BCUT2D eigenvalue weighted by Gasteiger charge is 2.49. The van der Waals surface area contributed by atoms with E-state index in [1.165, 1.54) is 0 Å². The van der Waals surface area contributed by atoms with Crippen LogP contribution in [-0.2, 0) is 17.1 Å². The maximum Gasteiger partial charge on any atom is 0.352 e. The van der Waals surface area contributed by atoms with Gasteiger partial charge in [-0.1, -0.05) is 6.92 Å². The molecule has 3 N–H and O–H groups in total. The van der Waals surface area contributed by atoms with Gasteiger partial charge in [0.2, 0.25) is 0 Å². The van der Waals surface area contributed by atoms with Crippen molar-refractivity contribution >= 4 is 17.3 Å². The summed E-state index contributed by atoms with van der Waals surface area (Å²) in [6, 6.07) is 2.74. The second-order valence-corrected chi connectivity index (χ2v) is 3.48. The number of fused-ring (bicyclic) bond motifs is 1. The van der Waals surface area contributed by atoms with E-state index >= 15 is 0 Å². The first kappa shape index (κ1) is 9.89. The largest absolute Gasteiger partial charge is 0.399 e. The summed E-state index contributed by atoms with van der Waals surface area (Å²) >= 11 is 0. The van der Waals surface area contributed by atoms with E-state index in [2.05, 4.69) is 5.32 Å². The third kappa shape index (κ3) is 1.26. The number of carbonyl (C=O) groups is 1. The molecule has 0 aromatic heterocycles. The SMILES string of the molecule is CCc1cc(N)cc2c1NC(=O)C2(F)F. The summed E-state index contributed by atoms with van der Waals surface area (Å²) in [7, 11) is 0. The lowest BCUT2D eigenvalue weighted by Gasteiger charge is -2.09. The van der Waals surface area contributed by atoms with Gasteiger partial charge in [-0.3, -0.25) is 4.79 Å². The first-order chi connectivity index (χ1) is 6.96. The molecule has 1 heterocycles. The number of nitrogen functional groups attached to an aromatic ring is 1. The van der Waals surface area contributed by atoms with Gasteiger partial charge in [0.25, 0.3) is 5.91 Å². The van der Waals surface area contributed by atoms with Crippen molar-refractivity contribution < 1.29 is 13.6 Å². The standard InChI is InChI=1S/C10H10F2N2O/c1-2-5-3-6(13)4-7-8(5)14-9(15)10(7,11)12/h3-4H,2,13H2,1H3,(H,14,15). The number of alkyl halides is 2. The number of halogens is 2. The molecular weight excluding hydrogens is 202 g/mol. The lowest BCUT2D eigenvalue weighted by molar-refractivity contribution is -0.139. The third-order valence-electron chi connectivity index (χ3n) is 2.49. The quantitative estimate of drug-likeness (QED) is 0.698. The van der Waals surface area contributed by atoms with Gasteiger partial charge in [0.05, 0.1) is 11.3 Å². The monoisotopic (exact) mass is 212 g/mol. The lowest BCUT2D eigenvalue weighted by atomic mass is 10.0. The van der Waals surface area contributed by atoms with Crippen molar-refractivity contribution in [2.24, 2.45) is 0 Å². The van der Waals surface area contributed by atoms with E-state index in [1.54, 1.807) is 6.07 Å². The van der Waals surface area contributed by atoms with Crippen molar-refractivity contribution in [1.82, 2.24) is 0 Å². The number of amides is 1.